The van der Waals surface area contributed by atoms with Gasteiger partial charge in [0.2, 0.25) is 5.91 Å². The van der Waals surface area contributed by atoms with Gasteiger partial charge in [-0.05, 0) is 64.2 Å². The molecule has 3 N–H and O–H groups in total. The number of esters is 1. The Bertz CT molecular complexity index is 1520. The Hall–Kier alpha value is -1.92. The average Bonchev–Trinajstić information content (AvgIpc) is 3.64. The van der Waals surface area contributed by atoms with E-state index in [-0.39, 0.29) is 18.5 Å². The topological polar surface area (TPSA) is 95.9 Å². The number of rotatable bonds is 82. The average molecular weight is 1320 g/mol. The molecule has 1 amide bonds. The maximum absolute atomic E-state index is 12.6. The number of amides is 1. The fourth-order valence-corrected chi connectivity index (χ4v) is 13.8. The second-order valence-corrected chi connectivity index (χ2v) is 29.9. The number of nitrogens with one attached hydrogen (secondary N) is 1. The van der Waals surface area contributed by atoms with E-state index in [1.165, 1.54) is 417 Å². The van der Waals surface area contributed by atoms with Crippen LogP contribution in [0, 0.1) is 0 Å². The summed E-state index contributed by atoms with van der Waals surface area (Å²) < 4.78 is 5.51. The standard InChI is InChI=1S/C88H169NO5/c1-3-5-7-9-11-13-15-17-19-21-22-23-24-36-39-42-45-49-52-56-60-64-68-72-76-80-86(91)85(84-90)89-87(92)81-77-73-69-65-61-57-53-50-46-43-40-37-34-32-30-28-26-25-27-29-31-33-35-38-41-44-47-51-55-59-63-67-71-75-79-83-94-88(93)82-78-74-70-66-62-58-54-48-20-18-16-14-12-10-8-6-4-2/h27,29,33,35,76,80,85-86,90-91H,3-26,28,30-32,34,36-75,77-79,81-84H2,1-2H3,(H,89,92)/b29-27-,35-33-,80-76+. The summed E-state index contributed by atoms with van der Waals surface area (Å²) in [6, 6.07) is -0.628. The summed E-state index contributed by atoms with van der Waals surface area (Å²) in [5, 5.41) is 23.3. The third kappa shape index (κ3) is 79.1. The fourth-order valence-electron chi connectivity index (χ4n) is 13.8. The van der Waals surface area contributed by atoms with Crippen LogP contribution in [0.3, 0.4) is 0 Å². The molecule has 0 radical (unpaired) electrons. The van der Waals surface area contributed by atoms with E-state index in [0.717, 1.165) is 44.9 Å². The molecular weight excluding hydrogens is 1150 g/mol. The van der Waals surface area contributed by atoms with Gasteiger partial charge in [-0.15, -0.1) is 0 Å². The Morgan fingerprint density at radius 3 is 0.809 bits per heavy atom. The highest BCUT2D eigenvalue weighted by Crippen LogP contribution is 2.21. The lowest BCUT2D eigenvalue weighted by atomic mass is 10.0. The van der Waals surface area contributed by atoms with Crippen molar-refractivity contribution in [3.63, 3.8) is 0 Å². The second-order valence-electron chi connectivity index (χ2n) is 29.9. The normalized spacial score (nSPS) is 12.6. The molecule has 0 aliphatic heterocycles. The minimum atomic E-state index is -0.845. The minimum absolute atomic E-state index is 0.0216. The molecule has 556 valence electrons. The Labute approximate surface area is 589 Å². The molecule has 6 heteroatoms. The van der Waals surface area contributed by atoms with Crippen LogP contribution in [0.25, 0.3) is 0 Å². The summed E-state index contributed by atoms with van der Waals surface area (Å²) in [7, 11) is 0. The molecule has 0 aromatic rings. The minimum Gasteiger partial charge on any atom is -0.466 e. The van der Waals surface area contributed by atoms with Gasteiger partial charge >= 0.3 is 5.97 Å². The lowest BCUT2D eigenvalue weighted by molar-refractivity contribution is -0.143. The van der Waals surface area contributed by atoms with Crippen LogP contribution in [0.2, 0.25) is 0 Å². The third-order valence-corrected chi connectivity index (χ3v) is 20.4. The largest absolute Gasteiger partial charge is 0.466 e. The maximum atomic E-state index is 12.6. The number of carbonyl (C=O) groups excluding carboxylic acids is 2. The number of unbranched alkanes of at least 4 members (excludes halogenated alkanes) is 67. The zero-order valence-electron chi connectivity index (χ0n) is 64.0. The highest BCUT2D eigenvalue weighted by molar-refractivity contribution is 5.76. The second kappa shape index (κ2) is 83.5. The predicted octanol–water partition coefficient (Wildman–Crippen LogP) is 28.9. The summed E-state index contributed by atoms with van der Waals surface area (Å²) in [4.78, 5) is 24.7. The summed E-state index contributed by atoms with van der Waals surface area (Å²) in [6.45, 7) is 4.97. The number of ether oxygens (including phenoxy) is 1. The Morgan fingerprint density at radius 1 is 0.298 bits per heavy atom. The lowest BCUT2D eigenvalue weighted by Crippen LogP contribution is -2.45. The van der Waals surface area contributed by atoms with Crippen molar-refractivity contribution in [2.75, 3.05) is 13.2 Å². The van der Waals surface area contributed by atoms with Crippen LogP contribution in [0.15, 0.2) is 36.5 Å². The summed E-state index contributed by atoms with van der Waals surface area (Å²) in [5.41, 5.74) is 0. The molecule has 2 atom stereocenters. The van der Waals surface area contributed by atoms with Crippen molar-refractivity contribution < 1.29 is 24.5 Å². The van der Waals surface area contributed by atoms with Crippen molar-refractivity contribution in [3.05, 3.63) is 36.5 Å². The highest BCUT2D eigenvalue weighted by atomic mass is 16.5. The zero-order valence-corrected chi connectivity index (χ0v) is 64.0. The molecule has 0 aliphatic rings. The monoisotopic (exact) mass is 1320 g/mol. The molecule has 0 saturated heterocycles. The van der Waals surface area contributed by atoms with Gasteiger partial charge in [-0.1, -0.05) is 448 Å². The first-order valence-electron chi connectivity index (χ1n) is 43.3. The van der Waals surface area contributed by atoms with Gasteiger partial charge in [0.25, 0.3) is 0 Å². The number of hydrogen-bond acceptors (Lipinski definition) is 5. The molecule has 94 heavy (non-hydrogen) atoms. The molecule has 0 saturated carbocycles. The van der Waals surface area contributed by atoms with Crippen molar-refractivity contribution >= 4 is 11.9 Å². The fraction of sp³-hybridized carbons (Fsp3) is 0.909. The molecule has 0 heterocycles. The molecule has 0 fully saturated rings. The van der Waals surface area contributed by atoms with E-state index in [1.54, 1.807) is 6.08 Å². The molecule has 0 bridgehead atoms. The van der Waals surface area contributed by atoms with Gasteiger partial charge in [-0.3, -0.25) is 9.59 Å². The van der Waals surface area contributed by atoms with Gasteiger partial charge in [0.1, 0.15) is 0 Å². The van der Waals surface area contributed by atoms with Crippen molar-refractivity contribution in [1.29, 1.82) is 0 Å². The molecule has 2 unspecified atom stereocenters. The Kier molecular flexibility index (Phi) is 81.8. The van der Waals surface area contributed by atoms with E-state index in [0.29, 0.717) is 19.4 Å². The van der Waals surface area contributed by atoms with Crippen LogP contribution >= 0.6 is 0 Å². The smallest absolute Gasteiger partial charge is 0.305 e. The lowest BCUT2D eigenvalue weighted by Gasteiger charge is -2.20. The zero-order chi connectivity index (χ0) is 67.7. The van der Waals surface area contributed by atoms with Gasteiger partial charge in [-0.25, -0.2) is 0 Å². The van der Waals surface area contributed by atoms with Crippen LogP contribution < -0.4 is 5.32 Å². The quantitative estimate of drug-likeness (QED) is 0.0320. The third-order valence-electron chi connectivity index (χ3n) is 20.4. The van der Waals surface area contributed by atoms with Crippen LogP contribution in [0.4, 0.5) is 0 Å². The van der Waals surface area contributed by atoms with E-state index in [4.69, 9.17) is 4.74 Å². The number of carbonyl (C=O) groups is 2. The SMILES string of the molecule is CCCCCCCCCCCCCCCCCCCCCCCCC/C=C/C(O)C(CO)NC(=O)CCCCCCCCCCCCCCCCCCC/C=C\C/C=C\CCCCCCCCCCCCCOC(=O)CCCCCCCCCCCCCCCCCCC. The summed E-state index contributed by atoms with van der Waals surface area (Å²) >= 11 is 0. The first-order chi connectivity index (χ1) is 46.5. The van der Waals surface area contributed by atoms with E-state index < -0.39 is 12.1 Å². The number of allylic oxidation sites excluding steroid dienone is 5. The Balaban J connectivity index is 3.38. The molecule has 0 spiro atoms. The molecule has 0 aromatic carbocycles. The van der Waals surface area contributed by atoms with Crippen LogP contribution in [0.1, 0.15) is 489 Å². The Morgan fingerprint density at radius 2 is 0.532 bits per heavy atom. The van der Waals surface area contributed by atoms with E-state index in [1.807, 2.05) is 6.08 Å². The molecule has 0 aromatic heterocycles. The van der Waals surface area contributed by atoms with Gasteiger partial charge in [-0.2, -0.15) is 0 Å². The summed E-state index contributed by atoms with van der Waals surface area (Å²) in [5.74, 6) is -0.0385. The van der Waals surface area contributed by atoms with Gasteiger partial charge in [0.05, 0.1) is 25.4 Å². The maximum Gasteiger partial charge on any atom is 0.305 e. The number of aliphatic hydroxyl groups is 2. The molecule has 0 aliphatic carbocycles. The van der Waals surface area contributed by atoms with E-state index >= 15 is 0 Å². The first kappa shape index (κ1) is 92.1. The van der Waals surface area contributed by atoms with E-state index in [9.17, 15) is 19.8 Å². The molecule has 6 nitrogen and oxygen atoms in total. The van der Waals surface area contributed by atoms with Crippen LogP contribution in [0.5, 0.6) is 0 Å². The van der Waals surface area contributed by atoms with Crippen molar-refractivity contribution in [3.8, 4) is 0 Å². The first-order valence-corrected chi connectivity index (χ1v) is 43.3. The van der Waals surface area contributed by atoms with Crippen molar-refractivity contribution in [2.45, 2.75) is 501 Å². The predicted molar refractivity (Wildman–Crippen MR) is 416 cm³/mol. The van der Waals surface area contributed by atoms with Crippen molar-refractivity contribution in [2.24, 2.45) is 0 Å². The number of hydrogen-bond donors (Lipinski definition) is 3. The number of aliphatic hydroxyl groups excluding tert-OH is 2. The summed E-state index contributed by atoms with van der Waals surface area (Å²) in [6.07, 6.45) is 110. The molecular formula is C88H169NO5. The van der Waals surface area contributed by atoms with Gasteiger partial charge in [0, 0.05) is 12.8 Å². The van der Waals surface area contributed by atoms with Crippen molar-refractivity contribution in [1.82, 2.24) is 5.32 Å². The van der Waals surface area contributed by atoms with E-state index in [2.05, 4.69) is 43.5 Å². The molecule has 0 rings (SSSR count). The van der Waals surface area contributed by atoms with Gasteiger partial charge in [0.15, 0.2) is 0 Å². The van der Waals surface area contributed by atoms with Crippen LogP contribution in [-0.2, 0) is 14.3 Å². The van der Waals surface area contributed by atoms with Gasteiger partial charge < -0.3 is 20.3 Å². The highest BCUT2D eigenvalue weighted by Gasteiger charge is 2.18. The van der Waals surface area contributed by atoms with Crippen LogP contribution in [-0.4, -0.2) is 47.4 Å².